The van der Waals surface area contributed by atoms with E-state index in [0.29, 0.717) is 10.7 Å². The first-order valence-electron chi connectivity index (χ1n) is 8.31. The van der Waals surface area contributed by atoms with E-state index in [4.69, 9.17) is 12.2 Å². The van der Waals surface area contributed by atoms with Gasteiger partial charge in [0.1, 0.15) is 6.17 Å². The fourth-order valence-corrected chi connectivity index (χ4v) is 3.26. The maximum Gasteiger partial charge on any atom is 0.245 e. The summed E-state index contributed by atoms with van der Waals surface area (Å²) in [4.78, 5) is 20.0. The number of aromatic nitrogens is 3. The van der Waals surface area contributed by atoms with Gasteiger partial charge >= 0.3 is 0 Å². The summed E-state index contributed by atoms with van der Waals surface area (Å²) in [6, 6.07) is 13.6. The SMILES string of the molecule is O=C(C=Cc1ccccc1)NC(C1CC1)n1c(=S)[nH]c2cccnc21. The molecule has 0 saturated heterocycles. The average Bonchev–Trinajstić information content (AvgIpc) is 3.41. The van der Waals surface area contributed by atoms with Crippen LogP contribution in [-0.4, -0.2) is 20.4 Å². The van der Waals surface area contributed by atoms with E-state index in [9.17, 15) is 4.79 Å². The van der Waals surface area contributed by atoms with Crippen LogP contribution in [0.2, 0.25) is 0 Å². The zero-order valence-corrected chi connectivity index (χ0v) is 14.4. The summed E-state index contributed by atoms with van der Waals surface area (Å²) in [5.41, 5.74) is 2.65. The van der Waals surface area contributed by atoms with Gasteiger partial charge in [0.05, 0.1) is 5.52 Å². The number of rotatable bonds is 5. The second kappa shape index (κ2) is 6.64. The molecule has 0 spiro atoms. The summed E-state index contributed by atoms with van der Waals surface area (Å²) in [7, 11) is 0. The highest BCUT2D eigenvalue weighted by Gasteiger charge is 2.34. The third-order valence-corrected chi connectivity index (χ3v) is 4.64. The normalized spacial score (nSPS) is 15.5. The van der Waals surface area contributed by atoms with Crippen molar-refractivity contribution in [1.82, 2.24) is 19.9 Å². The molecule has 1 atom stereocenters. The van der Waals surface area contributed by atoms with E-state index in [1.165, 1.54) is 0 Å². The Morgan fingerprint density at radius 1 is 1.28 bits per heavy atom. The molecule has 2 N–H and O–H groups in total. The van der Waals surface area contributed by atoms with Gasteiger partial charge in [-0.2, -0.15) is 0 Å². The Morgan fingerprint density at radius 2 is 2.08 bits per heavy atom. The van der Waals surface area contributed by atoms with Crippen LogP contribution in [0.1, 0.15) is 24.6 Å². The monoisotopic (exact) mass is 350 g/mol. The molecule has 1 aliphatic rings. The lowest BCUT2D eigenvalue weighted by Gasteiger charge is -2.19. The summed E-state index contributed by atoms with van der Waals surface area (Å²) in [6.07, 6.45) is 7.10. The number of benzene rings is 1. The molecule has 0 radical (unpaired) electrons. The van der Waals surface area contributed by atoms with Crippen LogP contribution in [0.5, 0.6) is 0 Å². The number of nitrogens with zero attached hydrogens (tertiary/aromatic N) is 2. The fourth-order valence-electron chi connectivity index (χ4n) is 2.95. The van der Waals surface area contributed by atoms with E-state index in [-0.39, 0.29) is 12.1 Å². The highest BCUT2D eigenvalue weighted by atomic mass is 32.1. The molecule has 1 fully saturated rings. The highest BCUT2D eigenvalue weighted by Crippen LogP contribution is 2.39. The standard InChI is InChI=1S/C19H18N4OS/c24-16(11-8-13-5-2-1-3-6-13)22-17(14-9-10-14)23-18-15(21-19(23)25)7-4-12-20-18/h1-8,11-12,14,17H,9-10H2,(H,21,25)(H,22,24). The first-order valence-corrected chi connectivity index (χ1v) is 8.72. The van der Waals surface area contributed by atoms with Crippen LogP contribution in [0, 0.1) is 10.7 Å². The second-order valence-electron chi connectivity index (χ2n) is 6.21. The Labute approximate surface area is 150 Å². The van der Waals surface area contributed by atoms with Crippen LogP contribution in [0.15, 0.2) is 54.7 Å². The second-order valence-corrected chi connectivity index (χ2v) is 6.60. The molecule has 5 nitrogen and oxygen atoms in total. The lowest BCUT2D eigenvalue weighted by atomic mass is 10.2. The van der Waals surface area contributed by atoms with Crippen molar-refractivity contribution in [2.45, 2.75) is 19.0 Å². The van der Waals surface area contributed by atoms with Crippen molar-refractivity contribution >= 4 is 35.4 Å². The Balaban J connectivity index is 1.60. The number of amides is 1. The number of pyridine rings is 1. The quantitative estimate of drug-likeness (QED) is 0.543. The molecule has 1 amide bonds. The van der Waals surface area contributed by atoms with Gasteiger partial charge in [0.25, 0.3) is 0 Å². The maximum atomic E-state index is 12.4. The van der Waals surface area contributed by atoms with Crippen LogP contribution in [-0.2, 0) is 4.79 Å². The van der Waals surface area contributed by atoms with Crippen molar-refractivity contribution in [3.8, 4) is 0 Å². The number of aromatic amines is 1. The smallest absolute Gasteiger partial charge is 0.245 e. The largest absolute Gasteiger partial charge is 0.332 e. The molecule has 3 aromatic rings. The van der Waals surface area contributed by atoms with Crippen molar-refractivity contribution in [1.29, 1.82) is 0 Å². The van der Waals surface area contributed by atoms with E-state index >= 15 is 0 Å². The zero-order chi connectivity index (χ0) is 17.2. The molecular formula is C19H18N4OS. The molecule has 1 saturated carbocycles. The average molecular weight is 350 g/mol. The lowest BCUT2D eigenvalue weighted by molar-refractivity contribution is -0.117. The molecular weight excluding hydrogens is 332 g/mol. The number of H-pyrrole nitrogens is 1. The van der Waals surface area contributed by atoms with E-state index in [1.54, 1.807) is 12.3 Å². The molecule has 25 heavy (non-hydrogen) atoms. The van der Waals surface area contributed by atoms with Crippen molar-refractivity contribution in [2.75, 3.05) is 0 Å². The molecule has 126 valence electrons. The molecule has 0 aliphatic heterocycles. The van der Waals surface area contributed by atoms with Crippen LogP contribution in [0.4, 0.5) is 0 Å². The van der Waals surface area contributed by atoms with Gasteiger partial charge < -0.3 is 10.3 Å². The molecule has 2 heterocycles. The van der Waals surface area contributed by atoms with Gasteiger partial charge in [0, 0.05) is 12.3 Å². The summed E-state index contributed by atoms with van der Waals surface area (Å²) in [5, 5.41) is 3.10. The first kappa shape index (κ1) is 15.8. The Hall–Kier alpha value is -2.73. The molecule has 1 aliphatic carbocycles. The highest BCUT2D eigenvalue weighted by molar-refractivity contribution is 7.71. The van der Waals surface area contributed by atoms with E-state index in [1.807, 2.05) is 53.1 Å². The predicted molar refractivity (Wildman–Crippen MR) is 100 cm³/mol. The van der Waals surface area contributed by atoms with Gasteiger partial charge in [-0.25, -0.2) is 4.98 Å². The Morgan fingerprint density at radius 3 is 2.84 bits per heavy atom. The number of carbonyl (C=O) groups is 1. The lowest BCUT2D eigenvalue weighted by Crippen LogP contribution is -2.33. The van der Waals surface area contributed by atoms with Gasteiger partial charge in [0.15, 0.2) is 10.4 Å². The topological polar surface area (TPSA) is 62.7 Å². The van der Waals surface area contributed by atoms with Gasteiger partial charge in [-0.05, 0) is 54.7 Å². The van der Waals surface area contributed by atoms with Gasteiger partial charge in [-0.3, -0.25) is 9.36 Å². The maximum absolute atomic E-state index is 12.4. The Bertz CT molecular complexity index is 985. The number of nitrogens with one attached hydrogen (secondary N) is 2. The summed E-state index contributed by atoms with van der Waals surface area (Å²) in [5.74, 6) is 0.259. The molecule has 2 aromatic heterocycles. The molecule has 6 heteroatoms. The predicted octanol–water partition coefficient (Wildman–Crippen LogP) is 3.83. The van der Waals surface area contributed by atoms with E-state index in [2.05, 4.69) is 15.3 Å². The minimum absolute atomic E-state index is 0.132. The van der Waals surface area contributed by atoms with Crippen molar-refractivity contribution in [3.63, 3.8) is 0 Å². The molecule has 1 aromatic carbocycles. The zero-order valence-electron chi connectivity index (χ0n) is 13.6. The van der Waals surface area contributed by atoms with Crippen molar-refractivity contribution in [2.24, 2.45) is 5.92 Å². The van der Waals surface area contributed by atoms with E-state index in [0.717, 1.165) is 29.6 Å². The number of imidazole rings is 1. The summed E-state index contributed by atoms with van der Waals surface area (Å²) < 4.78 is 2.51. The van der Waals surface area contributed by atoms with Crippen LogP contribution >= 0.6 is 12.2 Å². The Kier molecular flexibility index (Phi) is 4.19. The number of carbonyl (C=O) groups excluding carboxylic acids is 1. The van der Waals surface area contributed by atoms with Crippen LogP contribution < -0.4 is 5.32 Å². The van der Waals surface area contributed by atoms with Gasteiger partial charge in [-0.15, -0.1) is 0 Å². The number of hydrogen-bond donors (Lipinski definition) is 2. The summed E-state index contributed by atoms with van der Waals surface area (Å²) in [6.45, 7) is 0. The molecule has 4 rings (SSSR count). The molecule has 0 bridgehead atoms. The van der Waals surface area contributed by atoms with Crippen LogP contribution in [0.3, 0.4) is 0 Å². The fraction of sp³-hybridized carbons (Fsp3) is 0.211. The minimum atomic E-state index is -0.177. The number of fused-ring (bicyclic) bond motifs is 1. The summed E-state index contributed by atoms with van der Waals surface area (Å²) >= 11 is 5.47. The molecule has 1 unspecified atom stereocenters. The van der Waals surface area contributed by atoms with Crippen molar-refractivity contribution in [3.05, 3.63) is 65.1 Å². The van der Waals surface area contributed by atoms with Gasteiger partial charge in [-0.1, -0.05) is 30.3 Å². The van der Waals surface area contributed by atoms with E-state index < -0.39 is 0 Å². The number of hydrogen-bond acceptors (Lipinski definition) is 3. The minimum Gasteiger partial charge on any atom is -0.332 e. The van der Waals surface area contributed by atoms with Crippen molar-refractivity contribution < 1.29 is 4.79 Å². The third-order valence-electron chi connectivity index (χ3n) is 4.34. The van der Waals surface area contributed by atoms with Crippen LogP contribution in [0.25, 0.3) is 17.2 Å². The third kappa shape index (κ3) is 3.39. The first-order chi connectivity index (χ1) is 12.2. The van der Waals surface area contributed by atoms with Gasteiger partial charge in [0.2, 0.25) is 5.91 Å².